The van der Waals surface area contributed by atoms with Crippen molar-refractivity contribution in [1.29, 1.82) is 0 Å². The number of nitrogens with one attached hydrogen (secondary N) is 3. The smallest absolute Gasteiger partial charge is 0.270 e. The Hall–Kier alpha value is -3.42. The number of carbonyl (C=O) groups excluding carboxylic acids is 2. The lowest BCUT2D eigenvalue weighted by atomic mass is 9.88. The van der Waals surface area contributed by atoms with Crippen LogP contribution in [-0.4, -0.2) is 37.8 Å². The molecule has 0 saturated heterocycles. The standard InChI is InChI=1S/C25H30N6O2/c1-14-21(15(2)30-29-14)16-8-10-19(11-9-16)27-25(33)23(22(17-4-5-17)18-6-7-18)28-24(32)20-12-13-26-31(20)3/h8-13,17-18,22-23H,4-7H2,1-3H3,(H,27,33)(H,28,32)(H,29,30)/t23-/m0/s1. The zero-order valence-electron chi connectivity index (χ0n) is 19.3. The third-order valence-electron chi connectivity index (χ3n) is 6.91. The molecule has 2 amide bonds. The summed E-state index contributed by atoms with van der Waals surface area (Å²) in [5, 5.41) is 17.5. The van der Waals surface area contributed by atoms with E-state index in [1.807, 2.05) is 38.1 Å². The third kappa shape index (κ3) is 4.42. The van der Waals surface area contributed by atoms with Gasteiger partial charge in [-0.3, -0.25) is 19.4 Å². The summed E-state index contributed by atoms with van der Waals surface area (Å²) in [6.45, 7) is 3.97. The summed E-state index contributed by atoms with van der Waals surface area (Å²) in [7, 11) is 1.73. The molecule has 0 aliphatic heterocycles. The molecule has 172 valence electrons. The first kappa shape index (κ1) is 21.4. The maximum atomic E-state index is 13.5. The molecule has 2 aromatic heterocycles. The summed E-state index contributed by atoms with van der Waals surface area (Å²) in [6, 6.07) is 8.90. The molecule has 1 aromatic carbocycles. The van der Waals surface area contributed by atoms with Crippen LogP contribution < -0.4 is 10.6 Å². The van der Waals surface area contributed by atoms with E-state index in [-0.39, 0.29) is 17.7 Å². The van der Waals surface area contributed by atoms with Gasteiger partial charge in [0.05, 0.1) is 5.69 Å². The minimum atomic E-state index is -0.564. The molecular weight excluding hydrogens is 416 g/mol. The minimum Gasteiger partial charge on any atom is -0.339 e. The van der Waals surface area contributed by atoms with E-state index in [0.717, 1.165) is 48.2 Å². The first-order chi connectivity index (χ1) is 15.9. The number of nitrogens with zero attached hydrogens (tertiary/aromatic N) is 3. The maximum absolute atomic E-state index is 13.5. The molecule has 3 N–H and O–H groups in total. The van der Waals surface area contributed by atoms with Crippen molar-refractivity contribution < 1.29 is 9.59 Å². The fraction of sp³-hybridized carbons (Fsp3) is 0.440. The molecule has 2 fully saturated rings. The van der Waals surface area contributed by atoms with E-state index in [1.54, 1.807) is 19.3 Å². The highest BCUT2D eigenvalue weighted by atomic mass is 16.2. The van der Waals surface area contributed by atoms with E-state index >= 15 is 0 Å². The van der Waals surface area contributed by atoms with Crippen LogP contribution in [0.2, 0.25) is 0 Å². The highest BCUT2D eigenvalue weighted by Crippen LogP contribution is 2.51. The quantitative estimate of drug-likeness (QED) is 0.492. The number of carbonyl (C=O) groups is 2. The number of aromatic amines is 1. The second kappa shape index (κ2) is 8.50. The van der Waals surface area contributed by atoms with Crippen LogP contribution in [0.1, 0.15) is 47.6 Å². The molecule has 2 saturated carbocycles. The van der Waals surface area contributed by atoms with Gasteiger partial charge in [-0.15, -0.1) is 0 Å². The molecule has 0 bridgehead atoms. The van der Waals surface area contributed by atoms with Gasteiger partial charge in [-0.25, -0.2) is 0 Å². The summed E-state index contributed by atoms with van der Waals surface area (Å²) in [6.07, 6.45) is 6.11. The molecule has 1 atom stereocenters. The van der Waals surface area contributed by atoms with Crippen molar-refractivity contribution in [3.8, 4) is 11.1 Å². The number of hydrogen-bond donors (Lipinski definition) is 3. The van der Waals surface area contributed by atoms with Gasteiger partial charge in [0, 0.05) is 30.2 Å². The molecule has 2 heterocycles. The molecule has 33 heavy (non-hydrogen) atoms. The Morgan fingerprint density at radius 2 is 1.73 bits per heavy atom. The average Bonchev–Trinajstić information content (AvgIpc) is 3.72. The zero-order chi connectivity index (χ0) is 23.1. The van der Waals surface area contributed by atoms with Gasteiger partial charge in [0.25, 0.3) is 5.91 Å². The van der Waals surface area contributed by atoms with Gasteiger partial charge in [0.2, 0.25) is 5.91 Å². The van der Waals surface area contributed by atoms with E-state index in [0.29, 0.717) is 23.2 Å². The van der Waals surface area contributed by atoms with E-state index in [4.69, 9.17) is 0 Å². The minimum absolute atomic E-state index is 0.155. The molecular formula is C25H30N6O2. The van der Waals surface area contributed by atoms with E-state index in [2.05, 4.69) is 25.9 Å². The topological polar surface area (TPSA) is 105 Å². The van der Waals surface area contributed by atoms with Gasteiger partial charge in [-0.05, 0) is 81.0 Å². The lowest BCUT2D eigenvalue weighted by molar-refractivity contribution is -0.119. The SMILES string of the molecule is Cc1n[nH]c(C)c1-c1ccc(NC(=O)[C@@H](NC(=O)c2ccnn2C)C(C2CC2)C2CC2)cc1. The predicted molar refractivity (Wildman–Crippen MR) is 126 cm³/mol. The van der Waals surface area contributed by atoms with Crippen LogP contribution in [0, 0.1) is 31.6 Å². The first-order valence-electron chi connectivity index (χ1n) is 11.6. The summed E-state index contributed by atoms with van der Waals surface area (Å²) in [5.41, 5.74) is 5.25. The predicted octanol–water partition coefficient (Wildman–Crippen LogP) is 3.60. The molecule has 2 aliphatic carbocycles. The van der Waals surface area contributed by atoms with Crippen molar-refractivity contribution in [3.05, 3.63) is 53.6 Å². The van der Waals surface area contributed by atoms with Crippen molar-refractivity contribution in [3.63, 3.8) is 0 Å². The second-order valence-corrected chi connectivity index (χ2v) is 9.42. The van der Waals surface area contributed by atoms with Crippen LogP contribution in [0.4, 0.5) is 5.69 Å². The lowest BCUT2D eigenvalue weighted by Crippen LogP contribution is -2.50. The maximum Gasteiger partial charge on any atom is 0.270 e. The second-order valence-electron chi connectivity index (χ2n) is 9.42. The Bertz CT molecular complexity index is 1140. The summed E-state index contributed by atoms with van der Waals surface area (Å²) in [4.78, 5) is 26.4. The van der Waals surface area contributed by atoms with E-state index in [1.165, 1.54) is 4.68 Å². The van der Waals surface area contributed by atoms with Gasteiger partial charge in [0.1, 0.15) is 11.7 Å². The number of hydrogen-bond acceptors (Lipinski definition) is 4. The molecule has 0 spiro atoms. The highest BCUT2D eigenvalue weighted by Gasteiger charge is 2.48. The van der Waals surface area contributed by atoms with Crippen molar-refractivity contribution >= 4 is 17.5 Å². The first-order valence-corrected chi connectivity index (χ1v) is 11.6. The van der Waals surface area contributed by atoms with Gasteiger partial charge in [0.15, 0.2) is 0 Å². The molecule has 8 nitrogen and oxygen atoms in total. The van der Waals surface area contributed by atoms with Crippen LogP contribution in [-0.2, 0) is 11.8 Å². The Balaban J connectivity index is 1.35. The molecule has 2 aliphatic rings. The molecule has 5 rings (SSSR count). The number of benzene rings is 1. The Morgan fingerprint density at radius 1 is 1.06 bits per heavy atom. The van der Waals surface area contributed by atoms with Crippen LogP contribution in [0.25, 0.3) is 11.1 Å². The van der Waals surface area contributed by atoms with Gasteiger partial charge in [-0.1, -0.05) is 12.1 Å². The number of rotatable bonds is 8. The monoisotopic (exact) mass is 446 g/mol. The van der Waals surface area contributed by atoms with Gasteiger partial charge >= 0.3 is 0 Å². The highest BCUT2D eigenvalue weighted by molar-refractivity contribution is 6.00. The average molecular weight is 447 g/mol. The summed E-state index contributed by atoms with van der Waals surface area (Å²) < 4.78 is 1.53. The molecule has 8 heteroatoms. The van der Waals surface area contributed by atoms with Crippen LogP contribution in [0.5, 0.6) is 0 Å². The van der Waals surface area contributed by atoms with Crippen molar-refractivity contribution in [1.82, 2.24) is 25.3 Å². The van der Waals surface area contributed by atoms with Gasteiger partial charge < -0.3 is 10.6 Å². The Morgan fingerprint density at radius 3 is 2.24 bits per heavy atom. The number of H-pyrrole nitrogens is 1. The molecule has 0 unspecified atom stereocenters. The Labute approximate surface area is 193 Å². The zero-order valence-corrected chi connectivity index (χ0v) is 19.3. The van der Waals surface area contributed by atoms with Crippen LogP contribution >= 0.6 is 0 Å². The lowest BCUT2D eigenvalue weighted by Gasteiger charge is -2.27. The third-order valence-corrected chi connectivity index (χ3v) is 6.91. The number of aromatic nitrogens is 4. The van der Waals surface area contributed by atoms with E-state index in [9.17, 15) is 9.59 Å². The number of anilines is 1. The van der Waals surface area contributed by atoms with Crippen molar-refractivity contribution in [2.24, 2.45) is 24.8 Å². The van der Waals surface area contributed by atoms with E-state index < -0.39 is 6.04 Å². The van der Waals surface area contributed by atoms with Crippen molar-refractivity contribution in [2.45, 2.75) is 45.6 Å². The summed E-state index contributed by atoms with van der Waals surface area (Å²) >= 11 is 0. The normalized spacial score (nSPS) is 16.6. The van der Waals surface area contributed by atoms with Gasteiger partial charge in [-0.2, -0.15) is 10.2 Å². The summed E-state index contributed by atoms with van der Waals surface area (Å²) in [5.74, 6) is 0.780. The molecule has 3 aromatic rings. The fourth-order valence-electron chi connectivity index (χ4n) is 4.96. The fourth-order valence-corrected chi connectivity index (χ4v) is 4.96. The van der Waals surface area contributed by atoms with Crippen molar-refractivity contribution in [2.75, 3.05) is 5.32 Å². The van der Waals surface area contributed by atoms with Crippen LogP contribution in [0.3, 0.4) is 0 Å². The largest absolute Gasteiger partial charge is 0.339 e. The van der Waals surface area contributed by atoms with Crippen LogP contribution in [0.15, 0.2) is 36.5 Å². The Kier molecular flexibility index (Phi) is 5.52. The number of aryl methyl sites for hydroxylation is 3. The number of amides is 2. The molecule has 0 radical (unpaired) electrons.